The van der Waals surface area contributed by atoms with Crippen molar-refractivity contribution in [2.75, 3.05) is 6.61 Å². The zero-order chi connectivity index (χ0) is 9.03. The fourth-order valence-electron chi connectivity index (χ4n) is 2.02. The predicted octanol–water partition coefficient (Wildman–Crippen LogP) is 1.76. The second-order valence-corrected chi connectivity index (χ2v) is 4.12. The molecule has 1 fully saturated rings. The van der Waals surface area contributed by atoms with E-state index >= 15 is 0 Å². The lowest BCUT2D eigenvalue weighted by molar-refractivity contribution is -0.121. The number of hydrogen-bond acceptors (Lipinski definition) is 2. The van der Waals surface area contributed by atoms with Crippen molar-refractivity contribution < 1.29 is 9.90 Å². The lowest BCUT2D eigenvalue weighted by atomic mass is 9.71. The fraction of sp³-hybridized carbons (Fsp3) is 0.900. The number of aliphatic hydroxyl groups excluding tert-OH is 1. The number of hydrogen-bond donors (Lipinski definition) is 1. The molecule has 70 valence electrons. The molecule has 0 heterocycles. The first-order valence-corrected chi connectivity index (χ1v) is 4.80. The quantitative estimate of drug-likeness (QED) is 0.655. The molecule has 1 aliphatic rings. The van der Waals surface area contributed by atoms with Crippen molar-refractivity contribution in [2.45, 2.75) is 39.0 Å². The third-order valence-corrected chi connectivity index (χ3v) is 3.15. The zero-order valence-corrected chi connectivity index (χ0v) is 7.75. The molecule has 0 aromatic heterocycles. The molecular weight excluding hydrogens is 152 g/mol. The van der Waals surface area contributed by atoms with Gasteiger partial charge in [-0.25, -0.2) is 0 Å². The summed E-state index contributed by atoms with van der Waals surface area (Å²) in [5.41, 5.74) is -0.472. The van der Waals surface area contributed by atoms with Crippen LogP contribution in [0.3, 0.4) is 0 Å². The van der Waals surface area contributed by atoms with E-state index in [2.05, 4.69) is 0 Å². The summed E-state index contributed by atoms with van der Waals surface area (Å²) >= 11 is 0. The summed E-state index contributed by atoms with van der Waals surface area (Å²) in [5.74, 6) is 0.411. The Morgan fingerprint density at radius 2 is 2.00 bits per heavy atom. The van der Waals surface area contributed by atoms with Gasteiger partial charge >= 0.3 is 0 Å². The van der Waals surface area contributed by atoms with Crippen LogP contribution in [0.1, 0.15) is 39.0 Å². The van der Waals surface area contributed by atoms with Crippen LogP contribution < -0.4 is 0 Å². The van der Waals surface area contributed by atoms with Crippen LogP contribution in [0.15, 0.2) is 0 Å². The van der Waals surface area contributed by atoms with E-state index in [1.165, 1.54) is 19.3 Å². The van der Waals surface area contributed by atoms with E-state index in [0.29, 0.717) is 5.92 Å². The Balaban J connectivity index is 2.57. The highest BCUT2D eigenvalue weighted by atomic mass is 16.3. The Bertz CT molecular complexity index is 150. The fourth-order valence-corrected chi connectivity index (χ4v) is 2.02. The van der Waals surface area contributed by atoms with Crippen LogP contribution in [0.25, 0.3) is 0 Å². The maximum absolute atomic E-state index is 10.8. The van der Waals surface area contributed by atoms with Gasteiger partial charge < -0.3 is 9.90 Å². The van der Waals surface area contributed by atoms with Gasteiger partial charge in [0.2, 0.25) is 0 Å². The maximum Gasteiger partial charge on any atom is 0.128 e. The van der Waals surface area contributed by atoms with Crippen LogP contribution in [0.4, 0.5) is 0 Å². The van der Waals surface area contributed by atoms with Crippen LogP contribution in [0, 0.1) is 11.3 Å². The van der Waals surface area contributed by atoms with Gasteiger partial charge in [0.25, 0.3) is 0 Å². The molecule has 12 heavy (non-hydrogen) atoms. The highest BCUT2D eigenvalue weighted by Gasteiger charge is 2.33. The molecule has 1 unspecified atom stereocenters. The largest absolute Gasteiger partial charge is 0.395 e. The molecule has 0 radical (unpaired) electrons. The first kappa shape index (κ1) is 9.72. The second kappa shape index (κ2) is 4.04. The molecule has 2 nitrogen and oxygen atoms in total. The summed E-state index contributed by atoms with van der Waals surface area (Å²) < 4.78 is 0. The summed E-state index contributed by atoms with van der Waals surface area (Å²) in [5, 5.41) is 9.11. The molecule has 0 bridgehead atoms. The van der Waals surface area contributed by atoms with Crippen LogP contribution in [0.5, 0.6) is 0 Å². The Labute approximate surface area is 74.0 Å². The molecule has 1 saturated carbocycles. The summed E-state index contributed by atoms with van der Waals surface area (Å²) in [6.45, 7) is 1.87. The van der Waals surface area contributed by atoms with Crippen molar-refractivity contribution >= 4 is 6.29 Å². The monoisotopic (exact) mass is 170 g/mol. The lowest BCUT2D eigenvalue weighted by Gasteiger charge is -2.33. The number of aliphatic hydroxyl groups is 1. The molecule has 0 spiro atoms. The summed E-state index contributed by atoms with van der Waals surface area (Å²) in [6, 6.07) is 0. The molecule has 0 aromatic rings. The Kier molecular flexibility index (Phi) is 3.27. The molecular formula is C10H18O2. The van der Waals surface area contributed by atoms with Crippen molar-refractivity contribution in [1.29, 1.82) is 0 Å². The summed E-state index contributed by atoms with van der Waals surface area (Å²) in [7, 11) is 0. The Morgan fingerprint density at radius 1 is 1.42 bits per heavy atom. The molecule has 1 rings (SSSR count). The van der Waals surface area contributed by atoms with Crippen molar-refractivity contribution in [3.05, 3.63) is 0 Å². The third kappa shape index (κ3) is 1.86. The highest BCUT2D eigenvalue weighted by molar-refractivity contribution is 5.59. The average Bonchev–Trinajstić information content (AvgIpc) is 2.18. The van der Waals surface area contributed by atoms with Gasteiger partial charge in [0.05, 0.1) is 6.61 Å². The van der Waals surface area contributed by atoms with Crippen LogP contribution in [-0.4, -0.2) is 18.0 Å². The van der Waals surface area contributed by atoms with Gasteiger partial charge in [0.15, 0.2) is 0 Å². The van der Waals surface area contributed by atoms with Gasteiger partial charge in [-0.1, -0.05) is 26.2 Å². The van der Waals surface area contributed by atoms with Gasteiger partial charge in [0, 0.05) is 5.41 Å². The molecule has 2 heteroatoms. The van der Waals surface area contributed by atoms with E-state index < -0.39 is 5.41 Å². The van der Waals surface area contributed by atoms with E-state index in [0.717, 1.165) is 19.1 Å². The highest BCUT2D eigenvalue weighted by Crippen LogP contribution is 2.36. The van der Waals surface area contributed by atoms with Gasteiger partial charge in [-0.2, -0.15) is 0 Å². The van der Waals surface area contributed by atoms with Crippen LogP contribution in [-0.2, 0) is 4.79 Å². The summed E-state index contributed by atoms with van der Waals surface area (Å²) in [6.07, 6.45) is 6.87. The van der Waals surface area contributed by atoms with E-state index in [4.69, 9.17) is 5.11 Å². The molecule has 1 N–H and O–H groups in total. The minimum atomic E-state index is -0.472. The van der Waals surface area contributed by atoms with Crippen molar-refractivity contribution in [3.63, 3.8) is 0 Å². The topological polar surface area (TPSA) is 37.3 Å². The minimum absolute atomic E-state index is 0.00116. The number of carbonyl (C=O) groups is 1. The van der Waals surface area contributed by atoms with Gasteiger partial charge in [0.1, 0.15) is 6.29 Å². The van der Waals surface area contributed by atoms with E-state index in [-0.39, 0.29) is 6.61 Å². The first-order chi connectivity index (χ1) is 5.73. The number of carbonyl (C=O) groups excluding carboxylic acids is 1. The molecule has 1 atom stereocenters. The van der Waals surface area contributed by atoms with E-state index in [1.807, 2.05) is 6.92 Å². The Hall–Kier alpha value is -0.370. The average molecular weight is 170 g/mol. The zero-order valence-electron chi connectivity index (χ0n) is 7.75. The van der Waals surface area contributed by atoms with E-state index in [9.17, 15) is 4.79 Å². The summed E-state index contributed by atoms with van der Waals surface area (Å²) in [4.78, 5) is 10.8. The second-order valence-electron chi connectivity index (χ2n) is 4.12. The van der Waals surface area contributed by atoms with Crippen LogP contribution >= 0.6 is 0 Å². The normalized spacial score (nSPS) is 24.8. The minimum Gasteiger partial charge on any atom is -0.395 e. The van der Waals surface area contributed by atoms with Crippen molar-refractivity contribution in [2.24, 2.45) is 11.3 Å². The molecule has 0 saturated heterocycles. The standard InChI is InChI=1S/C10H18O2/c1-10(7-11,8-12)9-5-3-2-4-6-9/h7,9,12H,2-6,8H2,1H3. The first-order valence-electron chi connectivity index (χ1n) is 4.80. The van der Waals surface area contributed by atoms with Gasteiger partial charge in [-0.15, -0.1) is 0 Å². The van der Waals surface area contributed by atoms with Crippen molar-refractivity contribution in [1.82, 2.24) is 0 Å². The lowest BCUT2D eigenvalue weighted by Crippen LogP contribution is -2.34. The van der Waals surface area contributed by atoms with Crippen molar-refractivity contribution in [3.8, 4) is 0 Å². The maximum atomic E-state index is 10.8. The third-order valence-electron chi connectivity index (χ3n) is 3.15. The predicted molar refractivity (Wildman–Crippen MR) is 47.8 cm³/mol. The molecule has 1 aliphatic carbocycles. The molecule has 0 aliphatic heterocycles. The molecule has 0 aromatic carbocycles. The SMILES string of the molecule is CC(C=O)(CO)C1CCCCC1. The Morgan fingerprint density at radius 3 is 2.42 bits per heavy atom. The molecule has 0 amide bonds. The van der Waals surface area contributed by atoms with Gasteiger partial charge in [-0.3, -0.25) is 0 Å². The van der Waals surface area contributed by atoms with E-state index in [1.54, 1.807) is 0 Å². The van der Waals surface area contributed by atoms with Gasteiger partial charge in [-0.05, 0) is 18.8 Å². The smallest absolute Gasteiger partial charge is 0.128 e. The van der Waals surface area contributed by atoms with Crippen LogP contribution in [0.2, 0.25) is 0 Å². The number of rotatable bonds is 3. The number of aldehydes is 1.